The predicted molar refractivity (Wildman–Crippen MR) is 88.6 cm³/mol. The van der Waals surface area contributed by atoms with Gasteiger partial charge in [-0.1, -0.05) is 30.3 Å². The average molecular weight is 329 g/mol. The molecule has 2 bridgehead atoms. The zero-order chi connectivity index (χ0) is 16.0. The zero-order valence-electron chi connectivity index (χ0n) is 13.1. The Labute approximate surface area is 139 Å². The van der Waals surface area contributed by atoms with Crippen molar-refractivity contribution in [1.82, 2.24) is 4.90 Å². The highest BCUT2D eigenvalue weighted by Gasteiger charge is 2.52. The van der Waals surface area contributed by atoms with Gasteiger partial charge < -0.3 is 14.4 Å². The van der Waals surface area contributed by atoms with E-state index < -0.39 is 0 Å². The smallest absolute Gasteiger partial charge is 0.263 e. The van der Waals surface area contributed by atoms with Crippen LogP contribution in [0.3, 0.4) is 0 Å². The van der Waals surface area contributed by atoms with Crippen molar-refractivity contribution in [1.29, 1.82) is 0 Å². The van der Waals surface area contributed by atoms with Crippen LogP contribution in [-0.4, -0.2) is 37.6 Å². The second kappa shape index (κ2) is 5.74. The molecule has 3 heterocycles. The number of amides is 1. The number of hydrogen-bond donors (Lipinski definition) is 0. The zero-order valence-corrected chi connectivity index (χ0v) is 14.0. The fraction of sp³-hybridized carbons (Fsp3) is 0.389. The summed E-state index contributed by atoms with van der Waals surface area (Å²) >= 11 is 1.47. The number of carbonyl (C=O) groups is 1. The van der Waals surface area contributed by atoms with Crippen LogP contribution in [0.2, 0.25) is 0 Å². The van der Waals surface area contributed by atoms with E-state index in [-0.39, 0.29) is 30.1 Å². The molecule has 4 atom stereocenters. The van der Waals surface area contributed by atoms with Gasteiger partial charge in [-0.3, -0.25) is 4.79 Å². The summed E-state index contributed by atoms with van der Waals surface area (Å²) in [6, 6.07) is 12.1. The van der Waals surface area contributed by atoms with E-state index in [1.165, 1.54) is 22.5 Å². The summed E-state index contributed by atoms with van der Waals surface area (Å²) < 4.78 is 11.9. The van der Waals surface area contributed by atoms with Crippen LogP contribution in [0.15, 0.2) is 41.8 Å². The van der Waals surface area contributed by atoms with E-state index in [0.717, 1.165) is 4.88 Å². The summed E-state index contributed by atoms with van der Waals surface area (Å²) in [5.41, 5.74) is 2.47. The molecule has 0 aliphatic carbocycles. The maximum atomic E-state index is 12.5. The van der Waals surface area contributed by atoms with Gasteiger partial charge in [0.15, 0.2) is 0 Å². The standard InChI is InChI=1S/C18H19NO3S/c1-19(18(20)14-8-5-9-23-14)10-13-15-11-6-3-4-7-12(11)17(22-15)16(13)21-2/h3-9,13,15-17H,10H2,1-2H3/t13-,15-,16-,17+/m0/s1. The molecule has 0 radical (unpaired) electrons. The van der Waals surface area contributed by atoms with Crippen molar-refractivity contribution in [3.8, 4) is 0 Å². The number of benzene rings is 1. The molecule has 1 saturated heterocycles. The Bertz CT molecular complexity index is 715. The van der Waals surface area contributed by atoms with Crippen LogP contribution in [0.5, 0.6) is 0 Å². The highest BCUT2D eigenvalue weighted by atomic mass is 32.1. The van der Waals surface area contributed by atoms with Gasteiger partial charge in [0.1, 0.15) is 6.10 Å². The van der Waals surface area contributed by atoms with Gasteiger partial charge in [-0.15, -0.1) is 11.3 Å². The highest BCUT2D eigenvalue weighted by Crippen LogP contribution is 2.54. The highest BCUT2D eigenvalue weighted by molar-refractivity contribution is 7.12. The minimum absolute atomic E-state index is 0.00603. The second-order valence-corrected chi connectivity index (χ2v) is 7.08. The molecule has 1 aromatic heterocycles. The monoisotopic (exact) mass is 329 g/mol. The normalized spacial score (nSPS) is 27.9. The summed E-state index contributed by atoms with van der Waals surface area (Å²) in [5.74, 6) is 0.222. The first-order valence-corrected chi connectivity index (χ1v) is 8.64. The SMILES string of the molecule is CO[C@H]1[C@@H](CN(C)C(=O)c2cccs2)[C@H]2O[C@@H]1c1ccccc12. The number of nitrogens with zero attached hydrogens (tertiary/aromatic N) is 1. The summed E-state index contributed by atoms with van der Waals surface area (Å²) in [7, 11) is 3.58. The number of rotatable bonds is 4. The van der Waals surface area contributed by atoms with E-state index >= 15 is 0 Å². The number of carbonyl (C=O) groups excluding carboxylic acids is 1. The van der Waals surface area contributed by atoms with E-state index in [1.54, 1.807) is 12.0 Å². The second-order valence-electron chi connectivity index (χ2n) is 6.13. The van der Waals surface area contributed by atoms with Crippen molar-refractivity contribution >= 4 is 17.2 Å². The predicted octanol–water partition coefficient (Wildman–Crippen LogP) is 3.28. The molecule has 2 aliphatic rings. The van der Waals surface area contributed by atoms with Crippen molar-refractivity contribution in [2.24, 2.45) is 5.92 Å². The maximum Gasteiger partial charge on any atom is 0.263 e. The third-order valence-electron chi connectivity index (χ3n) is 4.85. The molecule has 1 aromatic carbocycles. The van der Waals surface area contributed by atoms with Crippen LogP contribution in [-0.2, 0) is 9.47 Å². The largest absolute Gasteiger partial charge is 0.378 e. The first kappa shape index (κ1) is 14.9. The molecule has 0 saturated carbocycles. The molecular formula is C18H19NO3S. The molecule has 23 heavy (non-hydrogen) atoms. The van der Waals surface area contributed by atoms with Gasteiger partial charge in [-0.05, 0) is 22.6 Å². The number of methoxy groups -OCH3 is 1. The number of ether oxygens (including phenoxy) is 2. The number of fused-ring (bicyclic) bond motifs is 5. The molecule has 1 fully saturated rings. The van der Waals surface area contributed by atoms with Crippen LogP contribution >= 0.6 is 11.3 Å². The van der Waals surface area contributed by atoms with E-state index in [1.807, 2.05) is 36.7 Å². The Morgan fingerprint density at radius 2 is 1.96 bits per heavy atom. The van der Waals surface area contributed by atoms with Crippen molar-refractivity contribution in [2.45, 2.75) is 18.3 Å². The molecule has 0 spiro atoms. The summed E-state index contributed by atoms with van der Waals surface area (Å²) in [6.07, 6.45) is -0.00957. The van der Waals surface area contributed by atoms with Crippen LogP contribution in [0, 0.1) is 5.92 Å². The molecule has 4 nitrogen and oxygen atoms in total. The minimum atomic E-state index is -0.0172. The first-order valence-electron chi connectivity index (χ1n) is 7.76. The lowest BCUT2D eigenvalue weighted by atomic mass is 9.81. The maximum absolute atomic E-state index is 12.5. The topological polar surface area (TPSA) is 38.8 Å². The van der Waals surface area contributed by atoms with Crippen molar-refractivity contribution in [3.63, 3.8) is 0 Å². The number of thiophene rings is 1. The van der Waals surface area contributed by atoms with Gasteiger partial charge in [0.2, 0.25) is 0 Å². The lowest BCUT2D eigenvalue weighted by molar-refractivity contribution is 0.00580. The Hall–Kier alpha value is -1.69. The quantitative estimate of drug-likeness (QED) is 0.864. The molecule has 0 unspecified atom stereocenters. The Morgan fingerprint density at radius 3 is 2.61 bits per heavy atom. The van der Waals surface area contributed by atoms with Crippen LogP contribution in [0.4, 0.5) is 0 Å². The summed E-state index contributed by atoms with van der Waals surface area (Å²) in [5, 5.41) is 1.93. The lowest BCUT2D eigenvalue weighted by Gasteiger charge is -2.31. The van der Waals surface area contributed by atoms with Crippen molar-refractivity contribution in [2.75, 3.05) is 20.7 Å². The first-order chi connectivity index (χ1) is 11.2. The van der Waals surface area contributed by atoms with Gasteiger partial charge in [0.25, 0.3) is 5.91 Å². The van der Waals surface area contributed by atoms with Crippen LogP contribution in [0.25, 0.3) is 0 Å². The van der Waals surface area contributed by atoms with E-state index in [9.17, 15) is 4.79 Å². The fourth-order valence-corrected chi connectivity index (χ4v) is 4.52. The van der Waals surface area contributed by atoms with Crippen LogP contribution < -0.4 is 0 Å². The molecule has 5 heteroatoms. The van der Waals surface area contributed by atoms with Gasteiger partial charge >= 0.3 is 0 Å². The minimum Gasteiger partial charge on any atom is -0.378 e. The third kappa shape index (κ3) is 2.31. The summed E-state index contributed by atoms with van der Waals surface area (Å²) in [4.78, 5) is 15.1. The Balaban J connectivity index is 1.56. The Kier molecular flexibility index (Phi) is 3.71. The van der Waals surface area contributed by atoms with E-state index in [2.05, 4.69) is 12.1 Å². The molecular weight excluding hydrogens is 310 g/mol. The molecule has 2 aliphatic heterocycles. The molecule has 1 amide bonds. The van der Waals surface area contributed by atoms with Crippen LogP contribution in [0.1, 0.15) is 33.0 Å². The van der Waals surface area contributed by atoms with Gasteiger partial charge in [0, 0.05) is 26.6 Å². The fourth-order valence-electron chi connectivity index (χ4n) is 3.80. The van der Waals surface area contributed by atoms with E-state index in [0.29, 0.717) is 6.54 Å². The van der Waals surface area contributed by atoms with Crippen molar-refractivity contribution < 1.29 is 14.3 Å². The lowest BCUT2D eigenvalue weighted by Crippen LogP contribution is -2.39. The van der Waals surface area contributed by atoms with Gasteiger partial charge in [0.05, 0.1) is 17.1 Å². The van der Waals surface area contributed by atoms with Gasteiger partial charge in [-0.2, -0.15) is 0 Å². The number of hydrogen-bond acceptors (Lipinski definition) is 4. The third-order valence-corrected chi connectivity index (χ3v) is 5.70. The molecule has 0 N–H and O–H groups in total. The average Bonchev–Trinajstić information content (AvgIpc) is 3.29. The molecule has 2 aromatic rings. The molecule has 4 rings (SSSR count). The summed E-state index contributed by atoms with van der Waals surface area (Å²) in [6.45, 7) is 0.630. The van der Waals surface area contributed by atoms with Crippen molar-refractivity contribution in [3.05, 3.63) is 57.8 Å². The van der Waals surface area contributed by atoms with Gasteiger partial charge in [-0.25, -0.2) is 0 Å². The van der Waals surface area contributed by atoms with E-state index in [4.69, 9.17) is 9.47 Å². The Morgan fingerprint density at radius 1 is 1.22 bits per heavy atom. The molecule has 120 valence electrons.